The third-order valence-corrected chi connectivity index (χ3v) is 2.86. The molecule has 0 aromatic carbocycles. The number of nitrogens with one attached hydrogen (secondary N) is 1. The highest BCUT2D eigenvalue weighted by molar-refractivity contribution is 4.86. The summed E-state index contributed by atoms with van der Waals surface area (Å²) in [6.07, 6.45) is 3.36. The van der Waals surface area contributed by atoms with Crippen LogP contribution in [0.4, 0.5) is 0 Å². The van der Waals surface area contributed by atoms with Crippen LogP contribution < -0.4 is 5.32 Å². The lowest BCUT2D eigenvalue weighted by Gasteiger charge is -2.26. The van der Waals surface area contributed by atoms with Gasteiger partial charge in [0, 0.05) is 19.0 Å². The zero-order valence-electron chi connectivity index (χ0n) is 10.2. The van der Waals surface area contributed by atoms with Gasteiger partial charge in [-0.1, -0.05) is 26.7 Å². The fourth-order valence-electron chi connectivity index (χ4n) is 1.98. The molecule has 0 aliphatic heterocycles. The van der Waals surface area contributed by atoms with Gasteiger partial charge in [0.1, 0.15) is 0 Å². The Hall–Kier alpha value is -0.120. The molecule has 0 bridgehead atoms. The van der Waals surface area contributed by atoms with Gasteiger partial charge in [0.2, 0.25) is 0 Å². The lowest BCUT2D eigenvalue weighted by Crippen LogP contribution is -2.38. The first-order valence-corrected chi connectivity index (χ1v) is 6.03. The van der Waals surface area contributed by atoms with Crippen LogP contribution in [0.3, 0.4) is 0 Å². The van der Waals surface area contributed by atoms with Crippen LogP contribution in [0, 0.1) is 5.92 Å². The summed E-state index contributed by atoms with van der Waals surface area (Å²) in [5.41, 5.74) is -0.695. The van der Waals surface area contributed by atoms with Crippen molar-refractivity contribution in [3.8, 4) is 0 Å². The summed E-state index contributed by atoms with van der Waals surface area (Å²) in [4.78, 5) is 0. The topological polar surface area (TPSA) is 52.5 Å². The molecule has 1 fully saturated rings. The van der Waals surface area contributed by atoms with Crippen LogP contribution in [0.2, 0.25) is 0 Å². The number of rotatable bonds is 7. The molecule has 0 heterocycles. The highest BCUT2D eigenvalue weighted by Gasteiger charge is 2.33. The van der Waals surface area contributed by atoms with Crippen molar-refractivity contribution >= 4 is 0 Å². The largest absolute Gasteiger partial charge is 0.392 e. The van der Waals surface area contributed by atoms with Crippen molar-refractivity contribution in [1.82, 2.24) is 5.32 Å². The van der Waals surface area contributed by atoms with E-state index in [0.717, 1.165) is 6.42 Å². The molecule has 2 atom stereocenters. The van der Waals surface area contributed by atoms with Crippen molar-refractivity contribution in [2.75, 3.05) is 6.54 Å². The Morgan fingerprint density at radius 3 is 2.47 bits per heavy atom. The van der Waals surface area contributed by atoms with Crippen molar-refractivity contribution in [1.29, 1.82) is 0 Å². The molecule has 0 aromatic rings. The van der Waals surface area contributed by atoms with Gasteiger partial charge in [-0.25, -0.2) is 0 Å². The summed E-state index contributed by atoms with van der Waals surface area (Å²) in [6.45, 7) is 6.51. The van der Waals surface area contributed by atoms with Gasteiger partial charge in [-0.3, -0.25) is 0 Å². The van der Waals surface area contributed by atoms with Crippen LogP contribution in [0.15, 0.2) is 0 Å². The van der Waals surface area contributed by atoms with Crippen molar-refractivity contribution in [3.05, 3.63) is 0 Å². The minimum atomic E-state index is -0.695. The molecule has 0 amide bonds. The van der Waals surface area contributed by atoms with E-state index in [-0.39, 0.29) is 0 Å². The molecule has 3 nitrogen and oxygen atoms in total. The van der Waals surface area contributed by atoms with E-state index in [1.807, 2.05) is 6.92 Å². The lowest BCUT2D eigenvalue weighted by atomic mass is 9.92. The second-order valence-electron chi connectivity index (χ2n) is 5.57. The SMILES string of the molecule is CC(C)NC[C@H](O)C[C@](C)(O)CC1CC1. The van der Waals surface area contributed by atoms with Crippen LogP contribution in [0.5, 0.6) is 0 Å². The summed E-state index contributed by atoms with van der Waals surface area (Å²) in [5, 5.41) is 23.0. The molecular weight excluding hydrogens is 190 g/mol. The number of hydrogen-bond donors (Lipinski definition) is 3. The van der Waals surface area contributed by atoms with Crippen LogP contribution >= 0.6 is 0 Å². The van der Waals surface area contributed by atoms with Crippen molar-refractivity contribution in [2.45, 2.75) is 64.2 Å². The van der Waals surface area contributed by atoms with Gasteiger partial charge in [-0.05, 0) is 19.3 Å². The van der Waals surface area contributed by atoms with E-state index >= 15 is 0 Å². The second-order valence-corrected chi connectivity index (χ2v) is 5.57. The molecule has 0 aromatic heterocycles. The molecule has 3 heteroatoms. The van der Waals surface area contributed by atoms with Gasteiger partial charge in [-0.2, -0.15) is 0 Å². The Bertz CT molecular complexity index is 188. The molecule has 0 unspecified atom stereocenters. The van der Waals surface area contributed by atoms with E-state index in [9.17, 15) is 10.2 Å². The molecule has 1 aliphatic rings. The van der Waals surface area contributed by atoms with E-state index < -0.39 is 11.7 Å². The molecule has 0 radical (unpaired) electrons. The van der Waals surface area contributed by atoms with Crippen molar-refractivity contribution < 1.29 is 10.2 Å². The molecule has 0 saturated heterocycles. The van der Waals surface area contributed by atoms with E-state index in [4.69, 9.17) is 0 Å². The number of aliphatic hydroxyl groups is 2. The van der Waals surface area contributed by atoms with Crippen LogP contribution in [-0.2, 0) is 0 Å². The van der Waals surface area contributed by atoms with Gasteiger partial charge in [0.05, 0.1) is 11.7 Å². The van der Waals surface area contributed by atoms with E-state index in [0.29, 0.717) is 24.9 Å². The summed E-state index contributed by atoms with van der Waals surface area (Å²) >= 11 is 0. The fourth-order valence-corrected chi connectivity index (χ4v) is 1.98. The lowest BCUT2D eigenvalue weighted by molar-refractivity contribution is -0.00644. The molecule has 1 aliphatic carbocycles. The van der Waals surface area contributed by atoms with E-state index in [2.05, 4.69) is 19.2 Å². The monoisotopic (exact) mass is 215 g/mol. The Labute approximate surface area is 92.9 Å². The first kappa shape index (κ1) is 12.9. The molecule has 1 rings (SSSR count). The normalized spacial score (nSPS) is 22.8. The van der Waals surface area contributed by atoms with Crippen molar-refractivity contribution in [3.63, 3.8) is 0 Å². The maximum atomic E-state index is 10.1. The minimum absolute atomic E-state index is 0.382. The van der Waals surface area contributed by atoms with E-state index in [1.165, 1.54) is 12.8 Å². The quantitative estimate of drug-likeness (QED) is 0.600. The maximum absolute atomic E-state index is 10.1. The van der Waals surface area contributed by atoms with Crippen molar-refractivity contribution in [2.24, 2.45) is 5.92 Å². The van der Waals surface area contributed by atoms with E-state index in [1.54, 1.807) is 0 Å². The second kappa shape index (κ2) is 5.28. The first-order valence-electron chi connectivity index (χ1n) is 6.03. The van der Waals surface area contributed by atoms with Gasteiger partial charge >= 0.3 is 0 Å². The molecular formula is C12H25NO2. The van der Waals surface area contributed by atoms with Crippen LogP contribution in [0.1, 0.15) is 46.5 Å². The highest BCUT2D eigenvalue weighted by Crippen LogP contribution is 2.38. The third-order valence-electron chi connectivity index (χ3n) is 2.86. The average Bonchev–Trinajstić information content (AvgIpc) is 2.82. The number of hydrogen-bond acceptors (Lipinski definition) is 3. The van der Waals surface area contributed by atoms with Gasteiger partial charge < -0.3 is 15.5 Å². The zero-order chi connectivity index (χ0) is 11.5. The Morgan fingerprint density at radius 2 is 2.00 bits per heavy atom. The molecule has 0 spiro atoms. The minimum Gasteiger partial charge on any atom is -0.392 e. The predicted octanol–water partition coefficient (Wildman–Crippen LogP) is 1.29. The highest BCUT2D eigenvalue weighted by atomic mass is 16.3. The molecule has 1 saturated carbocycles. The number of aliphatic hydroxyl groups excluding tert-OH is 1. The van der Waals surface area contributed by atoms with Crippen LogP contribution in [0.25, 0.3) is 0 Å². The van der Waals surface area contributed by atoms with Gasteiger partial charge in [-0.15, -0.1) is 0 Å². The first-order chi connectivity index (χ1) is 6.89. The Morgan fingerprint density at radius 1 is 1.40 bits per heavy atom. The Balaban J connectivity index is 2.18. The smallest absolute Gasteiger partial charge is 0.0691 e. The maximum Gasteiger partial charge on any atom is 0.0691 e. The van der Waals surface area contributed by atoms with Gasteiger partial charge in [0.15, 0.2) is 0 Å². The molecule has 3 N–H and O–H groups in total. The third kappa shape index (κ3) is 6.13. The summed E-state index contributed by atoms with van der Waals surface area (Å²) in [6, 6.07) is 0.382. The Kier molecular flexibility index (Phi) is 4.56. The zero-order valence-corrected chi connectivity index (χ0v) is 10.2. The molecule has 15 heavy (non-hydrogen) atoms. The summed E-state index contributed by atoms with van der Waals surface area (Å²) in [7, 11) is 0. The fraction of sp³-hybridized carbons (Fsp3) is 1.00. The average molecular weight is 215 g/mol. The standard InChI is InChI=1S/C12H25NO2/c1-9(2)13-8-11(14)7-12(3,15)6-10-4-5-10/h9-11,13-15H,4-8H2,1-3H3/t11-,12-/m1/s1. The predicted molar refractivity (Wildman–Crippen MR) is 61.7 cm³/mol. The molecule has 90 valence electrons. The van der Waals surface area contributed by atoms with Gasteiger partial charge in [0.25, 0.3) is 0 Å². The summed E-state index contributed by atoms with van der Waals surface area (Å²) in [5.74, 6) is 0.699. The van der Waals surface area contributed by atoms with Crippen LogP contribution in [-0.4, -0.2) is 34.5 Å². The summed E-state index contributed by atoms with van der Waals surface area (Å²) < 4.78 is 0.